The molecule has 0 radical (unpaired) electrons. The smallest absolute Gasteiger partial charge is 0.259 e. The van der Waals surface area contributed by atoms with Crippen LogP contribution < -0.4 is 4.90 Å². The molecule has 2 aromatic carbocycles. The van der Waals surface area contributed by atoms with Crippen LogP contribution in [0.4, 0.5) is 5.69 Å². The summed E-state index contributed by atoms with van der Waals surface area (Å²) < 4.78 is 0. The van der Waals surface area contributed by atoms with Gasteiger partial charge in [-0.1, -0.05) is 47.0 Å². The molecule has 108 valence electrons. The third kappa shape index (κ3) is 2.66. The summed E-state index contributed by atoms with van der Waals surface area (Å²) in [6.45, 7) is 2.77. The number of nitrogens with zero attached hydrogens (tertiary/aromatic N) is 1. The Bertz CT molecular complexity index is 712. The van der Waals surface area contributed by atoms with E-state index in [0.717, 1.165) is 18.5 Å². The number of carbonyl (C=O) groups excluding carboxylic acids is 1. The summed E-state index contributed by atoms with van der Waals surface area (Å²) in [6, 6.07) is 11.4. The molecule has 0 N–H and O–H groups in total. The van der Waals surface area contributed by atoms with Crippen molar-refractivity contribution in [1.29, 1.82) is 0 Å². The number of benzene rings is 2. The molecule has 21 heavy (non-hydrogen) atoms. The van der Waals surface area contributed by atoms with E-state index in [4.69, 9.17) is 23.2 Å². The molecule has 0 bridgehead atoms. The molecular formula is C17H15Cl2NO. The molecule has 3 rings (SSSR count). The molecule has 0 aliphatic carbocycles. The number of hydrogen-bond acceptors (Lipinski definition) is 1. The van der Waals surface area contributed by atoms with E-state index in [2.05, 4.69) is 13.0 Å². The summed E-state index contributed by atoms with van der Waals surface area (Å²) in [7, 11) is 0. The fraction of sp³-hybridized carbons (Fsp3) is 0.235. The minimum Gasteiger partial charge on any atom is -0.308 e. The van der Waals surface area contributed by atoms with Crippen LogP contribution >= 0.6 is 23.2 Å². The number of anilines is 1. The largest absolute Gasteiger partial charge is 0.308 e. The Hall–Kier alpha value is -1.51. The first kappa shape index (κ1) is 14.4. The van der Waals surface area contributed by atoms with Crippen molar-refractivity contribution in [1.82, 2.24) is 0 Å². The van der Waals surface area contributed by atoms with Crippen LogP contribution in [0.3, 0.4) is 0 Å². The number of halogens is 2. The summed E-state index contributed by atoms with van der Waals surface area (Å²) in [4.78, 5) is 14.6. The maximum atomic E-state index is 12.8. The van der Waals surface area contributed by atoms with Gasteiger partial charge in [0, 0.05) is 12.2 Å². The van der Waals surface area contributed by atoms with E-state index in [9.17, 15) is 4.79 Å². The first-order chi connectivity index (χ1) is 10.1. The number of amides is 1. The molecule has 2 nitrogen and oxygen atoms in total. The summed E-state index contributed by atoms with van der Waals surface area (Å²) in [5, 5.41) is 0.729. The lowest BCUT2D eigenvalue weighted by Crippen LogP contribution is -2.35. The van der Waals surface area contributed by atoms with Crippen LogP contribution in [0.25, 0.3) is 0 Å². The van der Waals surface area contributed by atoms with Gasteiger partial charge in [0.25, 0.3) is 5.91 Å². The van der Waals surface area contributed by atoms with E-state index in [-0.39, 0.29) is 5.91 Å². The van der Waals surface area contributed by atoms with Crippen LogP contribution in [0.2, 0.25) is 10.0 Å². The number of carbonyl (C=O) groups is 1. The van der Waals surface area contributed by atoms with Crippen molar-refractivity contribution in [2.75, 3.05) is 11.4 Å². The lowest BCUT2D eigenvalue weighted by atomic mass is 9.99. The monoisotopic (exact) mass is 319 g/mol. The third-order valence-corrected chi connectivity index (χ3v) is 4.60. The van der Waals surface area contributed by atoms with Gasteiger partial charge in [0.1, 0.15) is 0 Å². The van der Waals surface area contributed by atoms with Crippen molar-refractivity contribution < 1.29 is 4.79 Å². The van der Waals surface area contributed by atoms with Crippen molar-refractivity contribution in [3.05, 3.63) is 63.1 Å². The second-order valence-corrected chi connectivity index (χ2v) is 6.08. The van der Waals surface area contributed by atoms with Crippen molar-refractivity contribution in [3.63, 3.8) is 0 Å². The van der Waals surface area contributed by atoms with Crippen molar-refractivity contribution >= 4 is 34.8 Å². The topological polar surface area (TPSA) is 20.3 Å². The summed E-state index contributed by atoms with van der Waals surface area (Å²) in [5.41, 5.74) is 3.86. The van der Waals surface area contributed by atoms with Crippen LogP contribution in [0.1, 0.15) is 27.9 Å². The van der Waals surface area contributed by atoms with Gasteiger partial charge in [-0.05, 0) is 43.5 Å². The maximum absolute atomic E-state index is 12.8. The highest BCUT2D eigenvalue weighted by Gasteiger charge is 2.25. The molecule has 1 aliphatic rings. The molecule has 0 aromatic heterocycles. The molecule has 0 fully saturated rings. The van der Waals surface area contributed by atoms with Gasteiger partial charge in [-0.25, -0.2) is 0 Å². The Labute approximate surface area is 134 Å². The molecule has 2 aromatic rings. The van der Waals surface area contributed by atoms with Crippen LogP contribution in [-0.2, 0) is 6.42 Å². The number of hydrogen-bond donors (Lipinski definition) is 0. The third-order valence-electron chi connectivity index (χ3n) is 3.78. The zero-order chi connectivity index (χ0) is 15.0. The zero-order valence-electron chi connectivity index (χ0n) is 11.7. The lowest BCUT2D eigenvalue weighted by molar-refractivity contribution is 0.0985. The molecule has 0 spiro atoms. The summed E-state index contributed by atoms with van der Waals surface area (Å²) in [5.74, 6) is -0.0905. The molecule has 1 heterocycles. The molecule has 1 amide bonds. The van der Waals surface area contributed by atoms with E-state index >= 15 is 0 Å². The van der Waals surface area contributed by atoms with Crippen molar-refractivity contribution in [3.8, 4) is 0 Å². The van der Waals surface area contributed by atoms with Gasteiger partial charge < -0.3 is 4.90 Å². The van der Waals surface area contributed by atoms with Gasteiger partial charge in [-0.15, -0.1) is 0 Å². The van der Waals surface area contributed by atoms with Crippen LogP contribution in [0, 0.1) is 6.92 Å². The number of fused-ring (bicyclic) bond motifs is 1. The SMILES string of the molecule is Cc1ccc2c(c1)CCCN2C(=O)c1cccc(Cl)c1Cl. The quantitative estimate of drug-likeness (QED) is 0.732. The Morgan fingerprint density at radius 2 is 2.00 bits per heavy atom. The van der Waals surface area contributed by atoms with E-state index in [1.807, 2.05) is 12.1 Å². The highest BCUT2D eigenvalue weighted by atomic mass is 35.5. The van der Waals surface area contributed by atoms with Crippen LogP contribution in [0.5, 0.6) is 0 Å². The van der Waals surface area contributed by atoms with Crippen molar-refractivity contribution in [2.24, 2.45) is 0 Å². The van der Waals surface area contributed by atoms with Gasteiger partial charge in [0.05, 0.1) is 15.6 Å². The average molecular weight is 320 g/mol. The fourth-order valence-corrected chi connectivity index (χ4v) is 3.13. The minimum atomic E-state index is -0.0905. The lowest BCUT2D eigenvalue weighted by Gasteiger charge is -2.30. The van der Waals surface area contributed by atoms with Crippen LogP contribution in [0.15, 0.2) is 36.4 Å². The fourth-order valence-electron chi connectivity index (χ4n) is 2.75. The summed E-state index contributed by atoms with van der Waals surface area (Å²) >= 11 is 12.2. The molecule has 0 saturated carbocycles. The van der Waals surface area contributed by atoms with E-state index in [1.165, 1.54) is 11.1 Å². The first-order valence-corrected chi connectivity index (χ1v) is 7.69. The maximum Gasteiger partial charge on any atom is 0.259 e. The van der Waals surface area contributed by atoms with Gasteiger partial charge in [0.2, 0.25) is 0 Å². The Balaban J connectivity index is 2.02. The Morgan fingerprint density at radius 3 is 2.81 bits per heavy atom. The normalized spacial score (nSPS) is 14.0. The molecule has 1 aliphatic heterocycles. The molecular weight excluding hydrogens is 305 g/mol. The molecule has 4 heteroatoms. The minimum absolute atomic E-state index is 0.0905. The average Bonchev–Trinajstić information content (AvgIpc) is 2.48. The molecule has 0 unspecified atom stereocenters. The Morgan fingerprint density at radius 1 is 1.19 bits per heavy atom. The molecule has 0 atom stereocenters. The summed E-state index contributed by atoms with van der Waals surface area (Å²) in [6.07, 6.45) is 1.96. The van der Waals surface area contributed by atoms with Crippen molar-refractivity contribution in [2.45, 2.75) is 19.8 Å². The second kappa shape index (κ2) is 5.70. The Kier molecular flexibility index (Phi) is 3.92. The predicted octanol–water partition coefficient (Wildman–Crippen LogP) is 4.89. The van der Waals surface area contributed by atoms with Gasteiger partial charge >= 0.3 is 0 Å². The van der Waals surface area contributed by atoms with E-state index in [0.29, 0.717) is 22.2 Å². The first-order valence-electron chi connectivity index (χ1n) is 6.93. The standard InChI is InChI=1S/C17H15Cl2NO/c1-11-7-8-15-12(10-11)4-3-9-20(15)17(21)13-5-2-6-14(18)16(13)19/h2,5-8,10H,3-4,9H2,1H3. The van der Waals surface area contributed by atoms with Crippen LogP contribution in [-0.4, -0.2) is 12.5 Å². The zero-order valence-corrected chi connectivity index (χ0v) is 13.2. The second-order valence-electron chi connectivity index (χ2n) is 5.29. The van der Waals surface area contributed by atoms with E-state index in [1.54, 1.807) is 23.1 Å². The predicted molar refractivity (Wildman–Crippen MR) is 87.6 cm³/mol. The molecule has 0 saturated heterocycles. The highest BCUT2D eigenvalue weighted by Crippen LogP contribution is 2.32. The number of aryl methyl sites for hydroxylation is 2. The van der Waals surface area contributed by atoms with Gasteiger partial charge in [-0.2, -0.15) is 0 Å². The van der Waals surface area contributed by atoms with Gasteiger partial charge in [-0.3, -0.25) is 4.79 Å². The highest BCUT2D eigenvalue weighted by molar-refractivity contribution is 6.44. The van der Waals surface area contributed by atoms with Gasteiger partial charge in [0.15, 0.2) is 0 Å². The van der Waals surface area contributed by atoms with E-state index < -0.39 is 0 Å². The number of rotatable bonds is 1.